The second-order valence-electron chi connectivity index (χ2n) is 6.48. The van der Waals surface area contributed by atoms with E-state index in [1.807, 2.05) is 26.0 Å². The number of hydrogen-bond acceptors (Lipinski definition) is 2. The lowest BCUT2D eigenvalue weighted by molar-refractivity contribution is 0.134. The molecular weight excluding hydrogens is 262 g/mol. The number of hydrogen-bond donors (Lipinski definition) is 0. The van der Waals surface area contributed by atoms with Crippen molar-refractivity contribution in [1.82, 2.24) is 14.7 Å². The Bertz CT molecular complexity index is 464. The van der Waals surface area contributed by atoms with Gasteiger partial charge >= 0.3 is 6.03 Å². The number of benzene rings is 1. The molecule has 0 unspecified atom stereocenters. The van der Waals surface area contributed by atoms with Gasteiger partial charge in [-0.15, -0.1) is 0 Å². The van der Waals surface area contributed by atoms with Gasteiger partial charge in [0.25, 0.3) is 0 Å². The van der Waals surface area contributed by atoms with Crippen molar-refractivity contribution in [3.8, 4) is 0 Å². The molecule has 2 amide bonds. The molecule has 0 radical (unpaired) electrons. The van der Waals surface area contributed by atoms with E-state index >= 15 is 0 Å². The first kappa shape index (κ1) is 15.8. The summed E-state index contributed by atoms with van der Waals surface area (Å²) < 4.78 is 0. The lowest BCUT2D eigenvalue weighted by Crippen LogP contribution is -2.50. The molecule has 0 saturated carbocycles. The number of likely N-dealkylation sites (N-methyl/N-ethyl adjacent to an activating group) is 1. The van der Waals surface area contributed by atoms with Gasteiger partial charge in [0.1, 0.15) is 0 Å². The average molecular weight is 289 g/mol. The van der Waals surface area contributed by atoms with Crippen molar-refractivity contribution in [1.29, 1.82) is 0 Å². The zero-order valence-electron chi connectivity index (χ0n) is 13.7. The van der Waals surface area contributed by atoms with Crippen LogP contribution in [-0.4, -0.2) is 68.6 Å². The van der Waals surface area contributed by atoms with E-state index < -0.39 is 0 Å². The molecule has 0 N–H and O–H groups in total. The first-order chi connectivity index (χ1) is 9.94. The van der Waals surface area contributed by atoms with Crippen LogP contribution in [0.25, 0.3) is 0 Å². The highest BCUT2D eigenvalue weighted by molar-refractivity contribution is 5.73. The van der Waals surface area contributed by atoms with Gasteiger partial charge in [-0.2, -0.15) is 0 Å². The quantitative estimate of drug-likeness (QED) is 0.853. The summed E-state index contributed by atoms with van der Waals surface area (Å²) in [6, 6.07) is 10.7. The van der Waals surface area contributed by atoms with Gasteiger partial charge in [0, 0.05) is 33.1 Å². The lowest BCUT2D eigenvalue weighted by atomic mass is 9.72. The van der Waals surface area contributed by atoms with Crippen LogP contribution in [0.1, 0.15) is 18.4 Å². The molecule has 0 spiro atoms. The summed E-state index contributed by atoms with van der Waals surface area (Å²) in [5, 5.41) is 0. The van der Waals surface area contributed by atoms with Gasteiger partial charge in [0.05, 0.1) is 0 Å². The van der Waals surface area contributed by atoms with E-state index in [1.54, 1.807) is 4.90 Å². The van der Waals surface area contributed by atoms with Gasteiger partial charge in [0.15, 0.2) is 0 Å². The largest absolute Gasteiger partial charge is 0.331 e. The summed E-state index contributed by atoms with van der Waals surface area (Å²) in [5.74, 6) is 0. The average Bonchev–Trinajstić information content (AvgIpc) is 2.49. The Hall–Kier alpha value is -1.55. The third-order valence-electron chi connectivity index (χ3n) is 4.58. The van der Waals surface area contributed by atoms with Gasteiger partial charge < -0.3 is 14.7 Å². The first-order valence-corrected chi connectivity index (χ1v) is 7.61. The van der Waals surface area contributed by atoms with Gasteiger partial charge in [0.2, 0.25) is 0 Å². The second kappa shape index (κ2) is 6.48. The van der Waals surface area contributed by atoms with E-state index in [0.717, 1.165) is 32.5 Å². The number of rotatable bonds is 3. The molecule has 4 nitrogen and oxygen atoms in total. The zero-order valence-corrected chi connectivity index (χ0v) is 13.7. The van der Waals surface area contributed by atoms with Crippen molar-refractivity contribution in [2.24, 2.45) is 0 Å². The molecule has 1 saturated heterocycles. The highest BCUT2D eigenvalue weighted by Gasteiger charge is 2.37. The lowest BCUT2D eigenvalue weighted by Gasteiger charge is -2.43. The number of piperidine rings is 1. The van der Waals surface area contributed by atoms with Crippen molar-refractivity contribution in [3.05, 3.63) is 35.9 Å². The molecule has 1 fully saturated rings. The van der Waals surface area contributed by atoms with Crippen LogP contribution in [0.3, 0.4) is 0 Å². The molecule has 116 valence electrons. The van der Waals surface area contributed by atoms with Crippen LogP contribution in [0.2, 0.25) is 0 Å². The maximum atomic E-state index is 12.2. The van der Waals surface area contributed by atoms with E-state index in [4.69, 9.17) is 0 Å². The Kier molecular flexibility index (Phi) is 4.88. The number of likely N-dealkylation sites (tertiary alicyclic amines) is 1. The van der Waals surface area contributed by atoms with E-state index in [0.29, 0.717) is 0 Å². The highest BCUT2D eigenvalue weighted by Crippen LogP contribution is 2.36. The van der Waals surface area contributed by atoms with Crippen LogP contribution in [0.5, 0.6) is 0 Å². The second-order valence-corrected chi connectivity index (χ2v) is 6.48. The number of urea groups is 1. The third-order valence-corrected chi connectivity index (χ3v) is 4.58. The molecular formula is C17H27N3O. The minimum atomic E-state index is 0.0734. The molecule has 0 aromatic heterocycles. The number of nitrogens with zero attached hydrogens (tertiary/aromatic N) is 3. The molecule has 0 aliphatic carbocycles. The molecule has 4 heteroatoms. The number of carbonyl (C=O) groups is 1. The molecule has 1 aromatic carbocycles. The highest BCUT2D eigenvalue weighted by atomic mass is 16.2. The number of carbonyl (C=O) groups excluding carboxylic acids is 1. The van der Waals surface area contributed by atoms with E-state index in [1.165, 1.54) is 5.56 Å². The first-order valence-electron chi connectivity index (χ1n) is 7.61. The fraction of sp³-hybridized carbons (Fsp3) is 0.588. The van der Waals surface area contributed by atoms with Crippen molar-refractivity contribution in [2.75, 3.05) is 47.8 Å². The summed E-state index contributed by atoms with van der Waals surface area (Å²) in [7, 11) is 7.69. The Morgan fingerprint density at radius 2 is 1.71 bits per heavy atom. The standard InChI is InChI=1S/C17H27N3O/c1-18(2)16(21)20(4)14-17(10-12-19(3)13-11-17)15-8-6-5-7-9-15/h5-9H,10-14H2,1-4H3. The normalized spacial score (nSPS) is 18.3. The van der Waals surface area contributed by atoms with Gasteiger partial charge in [-0.05, 0) is 38.5 Å². The number of amides is 2. The predicted molar refractivity (Wildman–Crippen MR) is 86.6 cm³/mol. The van der Waals surface area contributed by atoms with Crippen molar-refractivity contribution < 1.29 is 4.79 Å². The van der Waals surface area contributed by atoms with Crippen molar-refractivity contribution in [2.45, 2.75) is 18.3 Å². The Balaban J connectivity index is 2.23. The van der Waals surface area contributed by atoms with E-state index in [9.17, 15) is 4.79 Å². The minimum absolute atomic E-state index is 0.0734. The summed E-state index contributed by atoms with van der Waals surface area (Å²) in [4.78, 5) is 18.1. The predicted octanol–water partition coefficient (Wildman–Crippen LogP) is 2.26. The van der Waals surface area contributed by atoms with Crippen molar-refractivity contribution in [3.63, 3.8) is 0 Å². The molecule has 1 aromatic rings. The zero-order chi connectivity index (χ0) is 15.5. The monoisotopic (exact) mass is 289 g/mol. The third kappa shape index (κ3) is 3.56. The molecule has 0 atom stereocenters. The smallest absolute Gasteiger partial charge is 0.319 e. The van der Waals surface area contributed by atoms with Gasteiger partial charge in [-0.25, -0.2) is 4.79 Å². The Labute approximate surface area is 128 Å². The summed E-state index contributed by atoms with van der Waals surface area (Å²) in [5.41, 5.74) is 1.44. The maximum Gasteiger partial charge on any atom is 0.319 e. The van der Waals surface area contributed by atoms with E-state index in [2.05, 4.69) is 42.3 Å². The molecule has 0 bridgehead atoms. The molecule has 1 heterocycles. The minimum Gasteiger partial charge on any atom is -0.331 e. The van der Waals surface area contributed by atoms with Crippen LogP contribution in [0.4, 0.5) is 4.79 Å². The van der Waals surface area contributed by atoms with Crippen molar-refractivity contribution >= 4 is 6.03 Å². The van der Waals surface area contributed by atoms with Crippen LogP contribution in [-0.2, 0) is 5.41 Å². The SMILES string of the molecule is CN1CCC(CN(C)C(=O)N(C)C)(c2ccccc2)CC1. The van der Waals surface area contributed by atoms with Crippen LogP contribution >= 0.6 is 0 Å². The Morgan fingerprint density at radius 1 is 1.14 bits per heavy atom. The maximum absolute atomic E-state index is 12.2. The van der Waals surface area contributed by atoms with Gasteiger partial charge in [-0.3, -0.25) is 0 Å². The van der Waals surface area contributed by atoms with Crippen LogP contribution < -0.4 is 0 Å². The van der Waals surface area contributed by atoms with E-state index in [-0.39, 0.29) is 11.4 Å². The molecule has 2 rings (SSSR count). The summed E-state index contributed by atoms with van der Waals surface area (Å²) in [6.45, 7) is 2.94. The van der Waals surface area contributed by atoms with Gasteiger partial charge in [-0.1, -0.05) is 30.3 Å². The van der Waals surface area contributed by atoms with Crippen LogP contribution in [0.15, 0.2) is 30.3 Å². The summed E-state index contributed by atoms with van der Waals surface area (Å²) >= 11 is 0. The topological polar surface area (TPSA) is 26.8 Å². The fourth-order valence-electron chi connectivity index (χ4n) is 3.24. The molecule has 1 aliphatic heterocycles. The van der Waals surface area contributed by atoms with Crippen LogP contribution in [0, 0.1) is 0 Å². The molecule has 1 aliphatic rings. The fourth-order valence-corrected chi connectivity index (χ4v) is 3.24. The molecule has 21 heavy (non-hydrogen) atoms. The summed E-state index contributed by atoms with van der Waals surface area (Å²) in [6.07, 6.45) is 2.19. The Morgan fingerprint density at radius 3 is 2.24 bits per heavy atom.